The Morgan fingerprint density at radius 3 is 2.58 bits per heavy atom. The largest absolute Gasteiger partial charge is 0.465 e. The molecule has 1 aliphatic carbocycles. The van der Waals surface area contributed by atoms with E-state index in [2.05, 4.69) is 10.6 Å². The lowest BCUT2D eigenvalue weighted by molar-refractivity contribution is 0.0579. The van der Waals surface area contributed by atoms with Crippen LogP contribution >= 0.6 is 0 Å². The molecule has 3 heterocycles. The lowest BCUT2D eigenvalue weighted by atomic mass is 10.1. The number of amides is 1. The molecule has 1 amide bonds. The maximum absolute atomic E-state index is 15.1. The first kappa shape index (κ1) is 24.5. The van der Waals surface area contributed by atoms with E-state index in [1.807, 2.05) is 32.9 Å². The molecular weight excluding hydrogens is 487 g/mol. The molecule has 198 valence electrons. The summed E-state index contributed by atoms with van der Waals surface area (Å²) < 4.78 is 29.6. The van der Waals surface area contributed by atoms with E-state index in [0.29, 0.717) is 29.3 Å². The van der Waals surface area contributed by atoms with Gasteiger partial charge in [0.25, 0.3) is 0 Å². The Labute approximate surface area is 219 Å². The number of benzene rings is 2. The number of aromatic nitrogens is 3. The number of ether oxygens (including phenoxy) is 2. The number of anilines is 1. The number of halogens is 1. The smallest absolute Gasteiger partial charge is 0.414 e. The van der Waals surface area contributed by atoms with E-state index in [0.717, 1.165) is 53.7 Å². The fourth-order valence-electron chi connectivity index (χ4n) is 5.47. The molecule has 38 heavy (non-hydrogen) atoms. The molecule has 0 bridgehead atoms. The maximum Gasteiger partial charge on any atom is 0.414 e. The van der Waals surface area contributed by atoms with Gasteiger partial charge in [-0.25, -0.2) is 19.0 Å². The summed E-state index contributed by atoms with van der Waals surface area (Å²) >= 11 is 0. The van der Waals surface area contributed by atoms with Crippen LogP contribution in [0.5, 0.6) is 0 Å². The second-order valence-corrected chi connectivity index (χ2v) is 11.3. The molecule has 4 aromatic rings. The lowest BCUT2D eigenvalue weighted by Crippen LogP contribution is -2.35. The molecule has 2 aliphatic rings. The Balaban J connectivity index is 1.51. The predicted octanol–water partition coefficient (Wildman–Crippen LogP) is 5.83. The highest BCUT2D eigenvalue weighted by atomic mass is 19.1. The topological polar surface area (TPSA) is 78.6 Å². The Bertz CT molecular complexity index is 1620. The van der Waals surface area contributed by atoms with Crippen LogP contribution in [-0.4, -0.2) is 45.4 Å². The van der Waals surface area contributed by atoms with Crippen molar-refractivity contribution in [2.75, 3.05) is 18.6 Å². The Morgan fingerprint density at radius 1 is 1.13 bits per heavy atom. The number of hydrogen-bond donors (Lipinski definition) is 0. The molecule has 1 fully saturated rings. The maximum atomic E-state index is 15.1. The third-order valence-electron chi connectivity index (χ3n) is 7.34. The Kier molecular flexibility index (Phi) is 5.52. The highest BCUT2D eigenvalue weighted by molar-refractivity contribution is 6.00. The van der Waals surface area contributed by atoms with Gasteiger partial charge >= 0.3 is 12.1 Å². The second-order valence-electron chi connectivity index (χ2n) is 11.3. The summed E-state index contributed by atoms with van der Waals surface area (Å²) in [6.45, 7) is 6.98. The van der Waals surface area contributed by atoms with Crippen molar-refractivity contribution in [1.29, 1.82) is 0 Å². The van der Waals surface area contributed by atoms with Crippen molar-refractivity contribution < 1.29 is 23.5 Å². The minimum absolute atomic E-state index is 0.126. The van der Waals surface area contributed by atoms with E-state index in [9.17, 15) is 9.59 Å². The van der Waals surface area contributed by atoms with Crippen molar-refractivity contribution in [3.63, 3.8) is 0 Å². The number of rotatable bonds is 4. The van der Waals surface area contributed by atoms with E-state index < -0.39 is 17.4 Å². The third kappa shape index (κ3) is 4.01. The molecule has 6 rings (SSSR count). The first-order valence-electron chi connectivity index (χ1n) is 13.0. The summed E-state index contributed by atoms with van der Waals surface area (Å²) in [5.74, 6) is 0.0586. The van der Waals surface area contributed by atoms with Gasteiger partial charge in [-0.15, -0.1) is 0 Å². The number of aryl methyl sites for hydroxylation is 1. The van der Waals surface area contributed by atoms with Crippen LogP contribution in [-0.2, 0) is 29.5 Å². The van der Waals surface area contributed by atoms with Crippen molar-refractivity contribution in [1.82, 2.24) is 14.1 Å². The fourth-order valence-corrected chi connectivity index (χ4v) is 5.47. The molecule has 1 aliphatic heterocycles. The van der Waals surface area contributed by atoms with Crippen LogP contribution in [0, 0.1) is 11.7 Å². The van der Waals surface area contributed by atoms with Crippen LogP contribution < -0.4 is 4.90 Å². The van der Waals surface area contributed by atoms with Crippen LogP contribution in [0.2, 0.25) is 0 Å². The van der Waals surface area contributed by atoms with Gasteiger partial charge in [0.15, 0.2) is 5.82 Å². The zero-order valence-corrected chi connectivity index (χ0v) is 22.3. The van der Waals surface area contributed by atoms with E-state index in [1.165, 1.54) is 13.2 Å². The average Bonchev–Trinajstić information content (AvgIpc) is 3.29. The number of esters is 1. The standard InChI is InChI=1S/C29H31FN4O4/c1-29(2,3)38-28(36)33-11-10-19-22(33)9-8-17-14-23(34(24(17)19)15-16-6-7-16)26-31-21-13-18(27(35)37-5)12-20(30)25(21)32(26)4/h8-9,12-14,16H,6-7,10-11,15H2,1-5H3. The van der Waals surface area contributed by atoms with E-state index >= 15 is 4.39 Å². The van der Waals surface area contributed by atoms with Gasteiger partial charge in [0.05, 0.1) is 35.1 Å². The SMILES string of the molecule is COC(=O)c1cc(F)c2c(c1)nc(-c1cc3ccc4c(c3n1CC1CC1)CCN4C(=O)OC(C)(C)C)n2C. The molecule has 9 heteroatoms. The molecule has 0 saturated heterocycles. The molecule has 0 spiro atoms. The molecule has 0 unspecified atom stereocenters. The van der Waals surface area contributed by atoms with Gasteiger partial charge in [-0.3, -0.25) is 4.90 Å². The quantitative estimate of drug-likeness (QED) is 0.318. The van der Waals surface area contributed by atoms with Crippen molar-refractivity contribution in [3.05, 3.63) is 47.3 Å². The Hall–Kier alpha value is -3.88. The van der Waals surface area contributed by atoms with Gasteiger partial charge in [0.1, 0.15) is 16.9 Å². The fraction of sp³-hybridized carbons (Fsp3) is 0.414. The predicted molar refractivity (Wildman–Crippen MR) is 143 cm³/mol. The summed E-state index contributed by atoms with van der Waals surface area (Å²) in [7, 11) is 3.06. The molecule has 2 aromatic heterocycles. The van der Waals surface area contributed by atoms with E-state index in [1.54, 1.807) is 22.6 Å². The lowest BCUT2D eigenvalue weighted by Gasteiger charge is -2.24. The minimum atomic E-state index is -0.606. The number of carbonyl (C=O) groups is 2. The molecular formula is C29H31FN4O4. The summed E-state index contributed by atoms with van der Waals surface area (Å²) in [6.07, 6.45) is 2.71. The zero-order chi connectivity index (χ0) is 26.9. The van der Waals surface area contributed by atoms with Gasteiger partial charge in [-0.05, 0) is 70.2 Å². The molecule has 0 radical (unpaired) electrons. The summed E-state index contributed by atoms with van der Waals surface area (Å²) in [5, 5.41) is 1.05. The normalized spacial score (nSPS) is 15.4. The molecule has 0 atom stereocenters. The highest BCUT2D eigenvalue weighted by Gasteiger charge is 2.33. The monoisotopic (exact) mass is 518 g/mol. The molecule has 0 N–H and O–H groups in total. The molecule has 1 saturated carbocycles. The van der Waals surface area contributed by atoms with Crippen molar-refractivity contribution in [2.24, 2.45) is 13.0 Å². The number of nitrogens with zero attached hydrogens (tertiary/aromatic N) is 4. The van der Waals surface area contributed by atoms with E-state index in [4.69, 9.17) is 14.5 Å². The molecule has 2 aromatic carbocycles. The van der Waals surface area contributed by atoms with Crippen LogP contribution in [0.1, 0.15) is 49.5 Å². The molecule has 8 nitrogen and oxygen atoms in total. The van der Waals surface area contributed by atoms with Crippen LogP contribution in [0.3, 0.4) is 0 Å². The number of carbonyl (C=O) groups excluding carboxylic acids is 2. The summed E-state index contributed by atoms with van der Waals surface area (Å²) in [4.78, 5) is 31.5. The van der Waals surface area contributed by atoms with Gasteiger partial charge in [-0.2, -0.15) is 0 Å². The first-order valence-corrected chi connectivity index (χ1v) is 13.0. The van der Waals surface area contributed by atoms with Crippen LogP contribution in [0.4, 0.5) is 14.9 Å². The summed E-state index contributed by atoms with van der Waals surface area (Å²) in [6, 6.07) is 8.86. The van der Waals surface area contributed by atoms with Gasteiger partial charge in [0.2, 0.25) is 0 Å². The third-order valence-corrected chi connectivity index (χ3v) is 7.34. The highest BCUT2D eigenvalue weighted by Crippen LogP contribution is 2.42. The van der Waals surface area contributed by atoms with E-state index in [-0.39, 0.29) is 11.7 Å². The first-order chi connectivity index (χ1) is 18.1. The van der Waals surface area contributed by atoms with Crippen molar-refractivity contribution in [2.45, 2.75) is 52.2 Å². The zero-order valence-electron chi connectivity index (χ0n) is 22.3. The van der Waals surface area contributed by atoms with Gasteiger partial charge in [-0.1, -0.05) is 6.07 Å². The van der Waals surface area contributed by atoms with Crippen molar-refractivity contribution in [3.8, 4) is 11.5 Å². The van der Waals surface area contributed by atoms with Gasteiger partial charge in [0, 0.05) is 31.1 Å². The van der Waals surface area contributed by atoms with Crippen molar-refractivity contribution >= 4 is 39.7 Å². The second kappa shape index (κ2) is 8.58. The van der Waals surface area contributed by atoms with Crippen LogP contribution in [0.15, 0.2) is 30.3 Å². The number of imidazole rings is 1. The van der Waals surface area contributed by atoms with Crippen LogP contribution in [0.25, 0.3) is 33.5 Å². The Morgan fingerprint density at radius 2 is 1.89 bits per heavy atom. The number of hydrogen-bond acceptors (Lipinski definition) is 5. The average molecular weight is 519 g/mol. The number of methoxy groups -OCH3 is 1. The number of fused-ring (bicyclic) bond motifs is 4. The summed E-state index contributed by atoms with van der Waals surface area (Å²) in [5.41, 5.74) is 4.22. The minimum Gasteiger partial charge on any atom is -0.465 e. The van der Waals surface area contributed by atoms with Gasteiger partial charge < -0.3 is 18.6 Å².